The van der Waals surface area contributed by atoms with Crippen molar-refractivity contribution in [1.82, 2.24) is 19.7 Å². The van der Waals surface area contributed by atoms with E-state index >= 15 is 0 Å². The second-order valence-corrected chi connectivity index (χ2v) is 6.28. The Morgan fingerprint density at radius 1 is 1.50 bits per heavy atom. The van der Waals surface area contributed by atoms with Gasteiger partial charge in [0.15, 0.2) is 5.65 Å². The fourth-order valence-corrected chi connectivity index (χ4v) is 3.22. The van der Waals surface area contributed by atoms with E-state index in [9.17, 15) is 9.59 Å². The van der Waals surface area contributed by atoms with Crippen LogP contribution in [0.4, 0.5) is 0 Å². The second-order valence-electron chi connectivity index (χ2n) is 5.25. The fourth-order valence-electron chi connectivity index (χ4n) is 2.47. The Labute approximate surface area is 131 Å². The van der Waals surface area contributed by atoms with Crippen molar-refractivity contribution in [2.45, 2.75) is 13.5 Å². The zero-order chi connectivity index (χ0) is 15.9. The highest BCUT2D eigenvalue weighted by atomic mass is 32.1. The molecule has 3 rings (SSSR count). The number of aryl methyl sites for hydroxylation is 2. The monoisotopic (exact) mass is 316 g/mol. The summed E-state index contributed by atoms with van der Waals surface area (Å²) >= 11 is 1.60. The van der Waals surface area contributed by atoms with Crippen LogP contribution in [0.2, 0.25) is 0 Å². The number of carbonyl (C=O) groups is 1. The van der Waals surface area contributed by atoms with E-state index < -0.39 is 0 Å². The predicted molar refractivity (Wildman–Crippen MR) is 86.2 cm³/mol. The number of hydrogen-bond acceptors (Lipinski definition) is 4. The second kappa shape index (κ2) is 5.42. The van der Waals surface area contributed by atoms with Gasteiger partial charge in [-0.15, -0.1) is 11.3 Å². The normalized spacial score (nSPS) is 11.0. The summed E-state index contributed by atoms with van der Waals surface area (Å²) in [6, 6.07) is 5.61. The molecule has 3 heterocycles. The van der Waals surface area contributed by atoms with Crippen LogP contribution in [0.5, 0.6) is 0 Å². The smallest absolute Gasteiger partial charge is 0.274 e. The average Bonchev–Trinajstić information content (AvgIpc) is 3.06. The van der Waals surface area contributed by atoms with Crippen molar-refractivity contribution >= 4 is 28.3 Å². The molecule has 0 saturated heterocycles. The van der Waals surface area contributed by atoms with E-state index in [1.165, 1.54) is 0 Å². The third kappa shape index (κ3) is 2.43. The molecule has 3 aromatic heterocycles. The molecule has 6 nitrogen and oxygen atoms in total. The molecule has 0 fully saturated rings. The molecule has 3 aromatic rings. The summed E-state index contributed by atoms with van der Waals surface area (Å²) in [5.74, 6) is -0.180. The lowest BCUT2D eigenvalue weighted by molar-refractivity contribution is 0.0788. The van der Waals surface area contributed by atoms with Crippen molar-refractivity contribution < 1.29 is 4.79 Å². The van der Waals surface area contributed by atoms with Gasteiger partial charge in [0.25, 0.3) is 11.5 Å². The molecule has 0 aliphatic carbocycles. The van der Waals surface area contributed by atoms with Crippen LogP contribution in [0.1, 0.15) is 20.9 Å². The lowest BCUT2D eigenvalue weighted by Crippen LogP contribution is -2.27. The Bertz CT molecular complexity index is 892. The molecule has 22 heavy (non-hydrogen) atoms. The van der Waals surface area contributed by atoms with Gasteiger partial charge in [0.05, 0.1) is 17.5 Å². The average molecular weight is 316 g/mol. The number of amides is 1. The van der Waals surface area contributed by atoms with Crippen molar-refractivity contribution in [3.63, 3.8) is 0 Å². The Morgan fingerprint density at radius 3 is 2.95 bits per heavy atom. The Hall–Kier alpha value is -2.41. The van der Waals surface area contributed by atoms with E-state index in [4.69, 9.17) is 0 Å². The molecular formula is C15H16N4O2S. The van der Waals surface area contributed by atoms with Crippen molar-refractivity contribution in [1.29, 1.82) is 0 Å². The predicted octanol–water partition coefficient (Wildman–Crippen LogP) is 1.90. The van der Waals surface area contributed by atoms with Crippen molar-refractivity contribution in [2.75, 3.05) is 7.05 Å². The van der Waals surface area contributed by atoms with Crippen LogP contribution in [0, 0.1) is 6.92 Å². The molecule has 0 bridgehead atoms. The van der Waals surface area contributed by atoms with Crippen molar-refractivity contribution in [3.8, 4) is 0 Å². The first kappa shape index (κ1) is 14.5. The molecule has 1 amide bonds. The lowest BCUT2D eigenvalue weighted by Gasteiger charge is -2.16. The van der Waals surface area contributed by atoms with Gasteiger partial charge < -0.3 is 4.90 Å². The van der Waals surface area contributed by atoms with Crippen LogP contribution >= 0.6 is 11.3 Å². The van der Waals surface area contributed by atoms with Gasteiger partial charge in [0.1, 0.15) is 0 Å². The highest BCUT2D eigenvalue weighted by Gasteiger charge is 2.20. The Balaban J connectivity index is 2.05. The van der Waals surface area contributed by atoms with Gasteiger partial charge >= 0.3 is 0 Å². The van der Waals surface area contributed by atoms with Gasteiger partial charge in [-0.25, -0.2) is 4.98 Å². The van der Waals surface area contributed by atoms with Crippen LogP contribution in [0.3, 0.4) is 0 Å². The number of rotatable bonds is 3. The number of aromatic nitrogens is 3. The van der Waals surface area contributed by atoms with E-state index in [0.29, 0.717) is 28.8 Å². The minimum Gasteiger partial charge on any atom is -0.337 e. The number of pyridine rings is 1. The topological polar surface area (TPSA) is 71.0 Å². The minimum atomic E-state index is -0.294. The van der Waals surface area contributed by atoms with E-state index in [-0.39, 0.29) is 11.5 Å². The van der Waals surface area contributed by atoms with Crippen LogP contribution < -0.4 is 5.56 Å². The number of hydrogen-bond donors (Lipinski definition) is 1. The Morgan fingerprint density at radius 2 is 2.27 bits per heavy atom. The summed E-state index contributed by atoms with van der Waals surface area (Å²) < 4.78 is 1.54. The van der Waals surface area contributed by atoms with Crippen molar-refractivity contribution in [3.05, 3.63) is 50.1 Å². The van der Waals surface area contributed by atoms with Crippen molar-refractivity contribution in [2.24, 2.45) is 7.05 Å². The molecule has 7 heteroatoms. The zero-order valence-electron chi connectivity index (χ0n) is 12.6. The lowest BCUT2D eigenvalue weighted by atomic mass is 10.1. The molecule has 0 saturated carbocycles. The fraction of sp³-hybridized carbons (Fsp3) is 0.267. The van der Waals surface area contributed by atoms with Gasteiger partial charge in [-0.3, -0.25) is 19.4 Å². The number of aromatic amines is 1. The van der Waals surface area contributed by atoms with Gasteiger partial charge in [-0.05, 0) is 24.4 Å². The number of nitrogens with one attached hydrogen (secondary N) is 1. The van der Waals surface area contributed by atoms with Gasteiger partial charge in [0, 0.05) is 24.7 Å². The van der Waals surface area contributed by atoms with Gasteiger partial charge in [-0.2, -0.15) is 0 Å². The summed E-state index contributed by atoms with van der Waals surface area (Å²) in [6.45, 7) is 2.33. The molecule has 0 atom stereocenters. The number of nitrogens with zero attached hydrogens (tertiary/aromatic N) is 3. The maximum absolute atomic E-state index is 12.7. The van der Waals surface area contributed by atoms with Crippen LogP contribution in [0.15, 0.2) is 28.4 Å². The molecular weight excluding hydrogens is 300 g/mol. The SMILES string of the molecule is Cc1cc(C(=O)N(C)Cc2cccs2)c2c(=O)[nH]n(C)c2n1. The molecule has 0 aliphatic heterocycles. The van der Waals surface area contributed by atoms with Crippen LogP contribution in [-0.4, -0.2) is 32.6 Å². The summed E-state index contributed by atoms with van der Waals surface area (Å²) in [6.07, 6.45) is 0. The molecule has 1 N–H and O–H groups in total. The number of H-pyrrole nitrogens is 1. The van der Waals surface area contributed by atoms with Crippen LogP contribution in [0.25, 0.3) is 11.0 Å². The molecule has 0 spiro atoms. The molecule has 114 valence electrons. The highest BCUT2D eigenvalue weighted by Crippen LogP contribution is 2.18. The number of thiophene rings is 1. The number of carbonyl (C=O) groups excluding carboxylic acids is 1. The first-order chi connectivity index (χ1) is 10.5. The zero-order valence-corrected chi connectivity index (χ0v) is 13.4. The summed E-state index contributed by atoms with van der Waals surface area (Å²) in [7, 11) is 3.45. The third-order valence-electron chi connectivity index (χ3n) is 3.49. The van der Waals surface area contributed by atoms with Gasteiger partial charge in [-0.1, -0.05) is 6.07 Å². The highest BCUT2D eigenvalue weighted by molar-refractivity contribution is 7.09. The quantitative estimate of drug-likeness (QED) is 0.802. The molecule has 0 unspecified atom stereocenters. The minimum absolute atomic E-state index is 0.180. The Kier molecular flexibility index (Phi) is 3.58. The molecule has 0 aliphatic rings. The van der Waals surface area contributed by atoms with E-state index in [0.717, 1.165) is 4.88 Å². The molecule has 0 aromatic carbocycles. The first-order valence-electron chi connectivity index (χ1n) is 6.81. The summed E-state index contributed by atoms with van der Waals surface area (Å²) in [4.78, 5) is 31.9. The molecule has 0 radical (unpaired) electrons. The largest absolute Gasteiger partial charge is 0.337 e. The van der Waals surface area contributed by atoms with E-state index in [1.807, 2.05) is 24.4 Å². The first-order valence-corrected chi connectivity index (χ1v) is 7.69. The number of fused-ring (bicyclic) bond motifs is 1. The maximum Gasteiger partial charge on any atom is 0.274 e. The van der Waals surface area contributed by atoms with E-state index in [2.05, 4.69) is 10.1 Å². The third-order valence-corrected chi connectivity index (χ3v) is 4.35. The summed E-state index contributed by atoms with van der Waals surface area (Å²) in [5.41, 5.74) is 1.30. The van der Waals surface area contributed by atoms with Crippen LogP contribution in [-0.2, 0) is 13.6 Å². The standard InChI is InChI=1S/C15H16N4O2S/c1-9-7-11(12-13(16-9)19(3)17-14(12)20)15(21)18(2)8-10-5-4-6-22-10/h4-7H,8H2,1-3H3,(H,17,20). The maximum atomic E-state index is 12.7. The van der Waals surface area contributed by atoms with Gasteiger partial charge in [0.2, 0.25) is 0 Å². The van der Waals surface area contributed by atoms with E-state index in [1.54, 1.807) is 41.1 Å². The summed E-state index contributed by atoms with van der Waals surface area (Å²) in [5, 5.41) is 4.97.